The van der Waals surface area contributed by atoms with E-state index >= 15 is 0 Å². The van der Waals surface area contributed by atoms with Crippen LogP contribution in [0.3, 0.4) is 0 Å². The van der Waals surface area contributed by atoms with E-state index in [-0.39, 0.29) is 4.70 Å². The van der Waals surface area contributed by atoms with Crippen molar-refractivity contribution in [2.75, 3.05) is 0 Å². The van der Waals surface area contributed by atoms with Gasteiger partial charge in [0, 0.05) is 0 Å². The molecule has 0 bridgehead atoms. The molecule has 0 nitrogen and oxygen atoms in total. The van der Waals surface area contributed by atoms with E-state index < -0.39 is 0 Å². The van der Waals surface area contributed by atoms with Crippen molar-refractivity contribution in [2.24, 2.45) is 0 Å². The summed E-state index contributed by atoms with van der Waals surface area (Å²) in [7, 11) is 5.36. The first-order chi connectivity index (χ1) is 3.39. The van der Waals surface area contributed by atoms with Gasteiger partial charge in [-0.15, -0.1) is 0 Å². The summed E-state index contributed by atoms with van der Waals surface area (Å²) in [5, 5.41) is 0. The first-order valence-corrected chi connectivity index (χ1v) is 2.20. The van der Waals surface area contributed by atoms with Gasteiger partial charge < -0.3 is 0 Å². The van der Waals surface area contributed by atoms with Crippen LogP contribution in [0.5, 0.6) is 0 Å². The molecule has 0 amide bonds. The first kappa shape index (κ1) is 7.21. The minimum absolute atomic E-state index is 0. The van der Waals surface area contributed by atoms with Crippen LogP contribution in [0, 0.1) is 0 Å². The maximum Gasteiger partial charge on any atom is 0.113 e. The highest BCUT2D eigenvalue weighted by Gasteiger charge is 1.71. The number of hydrogen-bond acceptors (Lipinski definition) is 0. The van der Waals surface area contributed by atoms with Crippen LogP contribution in [0.2, 0.25) is 0 Å². The summed E-state index contributed by atoms with van der Waals surface area (Å²) in [5.74, 6) is 0. The van der Waals surface area contributed by atoms with E-state index in [1.165, 1.54) is 0 Å². The molecule has 1 rings (SSSR count). The molecule has 2 radical (unpaired) electrons. The lowest BCUT2D eigenvalue weighted by molar-refractivity contribution is 1.11. The number of rotatable bonds is 0. The van der Waals surface area contributed by atoms with E-state index in [1.54, 1.807) is 0 Å². The fraction of sp³-hybridized carbons (Fsp3) is 0. The topological polar surface area (TPSA) is 0 Å². The van der Waals surface area contributed by atoms with Crippen molar-refractivity contribution >= 4 is 13.3 Å². The zero-order chi connectivity index (χ0) is 5.11. The van der Waals surface area contributed by atoms with Gasteiger partial charge in [-0.05, 0) is 0 Å². The predicted octanol–water partition coefficient (Wildman–Crippen LogP) is 0.633. The molecule has 0 fully saturated rings. The molecule has 0 aliphatic carbocycles. The Kier molecular flexibility index (Phi) is 2.93. The average Bonchev–Trinajstić information content (AvgIpc) is 1.69. The molecule has 0 aliphatic heterocycles. The van der Waals surface area contributed by atoms with Crippen molar-refractivity contribution in [1.29, 1.82) is 0 Å². The van der Waals surface area contributed by atoms with E-state index in [2.05, 4.69) is 0 Å². The van der Waals surface area contributed by atoms with Gasteiger partial charge in [-0.3, -0.25) is 4.70 Å². The van der Waals surface area contributed by atoms with Crippen LogP contribution in [-0.4, -0.2) is 7.85 Å². The van der Waals surface area contributed by atoms with E-state index in [1.807, 2.05) is 30.3 Å². The van der Waals surface area contributed by atoms with Gasteiger partial charge in [0.25, 0.3) is 0 Å². The number of hydrogen-bond donors (Lipinski definition) is 0. The molecule has 0 spiro atoms. The molecule has 0 aromatic heterocycles. The zero-order valence-electron chi connectivity index (χ0n) is 4.37. The zero-order valence-corrected chi connectivity index (χ0v) is 4.37. The Morgan fingerprint density at radius 3 is 1.75 bits per heavy atom. The lowest BCUT2D eigenvalue weighted by Gasteiger charge is -1.83. The minimum atomic E-state index is 0. The monoisotopic (exact) mass is 108 g/mol. The highest BCUT2D eigenvalue weighted by Crippen LogP contribution is 1.76. The molecule has 8 heavy (non-hydrogen) atoms. The fourth-order valence-electron chi connectivity index (χ4n) is 0.453. The van der Waals surface area contributed by atoms with Gasteiger partial charge in [0.15, 0.2) is 0 Å². The van der Waals surface area contributed by atoms with Gasteiger partial charge >= 0.3 is 0 Å². The van der Waals surface area contributed by atoms with Crippen LogP contribution in [0.4, 0.5) is 4.70 Å². The summed E-state index contributed by atoms with van der Waals surface area (Å²) in [4.78, 5) is 0. The standard InChI is InChI=1S/C6H5B.FH/c7-6-4-2-1-3-5-6;/h1-5H;1H. The molecular weight excluding hydrogens is 102 g/mol. The Morgan fingerprint density at radius 1 is 1.00 bits per heavy atom. The normalized spacial score (nSPS) is 7.50. The van der Waals surface area contributed by atoms with Crippen molar-refractivity contribution in [3.05, 3.63) is 30.3 Å². The molecule has 0 N–H and O–H groups in total. The smallest absolute Gasteiger partial charge is 0.113 e. The Balaban J connectivity index is 0.000000490. The third-order valence-corrected chi connectivity index (χ3v) is 0.800. The van der Waals surface area contributed by atoms with E-state index in [0.717, 1.165) is 5.46 Å². The summed E-state index contributed by atoms with van der Waals surface area (Å²) in [6.07, 6.45) is 0. The molecule has 0 saturated carbocycles. The molecule has 0 unspecified atom stereocenters. The average molecular weight is 108 g/mol. The van der Waals surface area contributed by atoms with Crippen LogP contribution < -0.4 is 5.46 Å². The summed E-state index contributed by atoms with van der Waals surface area (Å²) in [6, 6.07) is 9.49. The second-order valence-corrected chi connectivity index (χ2v) is 1.41. The van der Waals surface area contributed by atoms with Crippen LogP contribution in [0.1, 0.15) is 0 Å². The molecule has 0 heterocycles. The Bertz CT molecular complexity index is 138. The van der Waals surface area contributed by atoms with Gasteiger partial charge in [-0.2, -0.15) is 0 Å². The number of halogens is 1. The van der Waals surface area contributed by atoms with E-state index in [0.29, 0.717) is 0 Å². The molecular formula is C6H6BF. The summed E-state index contributed by atoms with van der Waals surface area (Å²) >= 11 is 0. The Morgan fingerprint density at radius 2 is 1.50 bits per heavy atom. The van der Waals surface area contributed by atoms with Crippen LogP contribution in [0.25, 0.3) is 0 Å². The molecule has 0 aliphatic rings. The summed E-state index contributed by atoms with van der Waals surface area (Å²) in [5.41, 5.74) is 0.822. The Hall–Kier alpha value is -0.785. The highest BCUT2D eigenvalue weighted by molar-refractivity contribution is 6.32. The fourth-order valence-corrected chi connectivity index (χ4v) is 0.453. The van der Waals surface area contributed by atoms with Crippen LogP contribution in [-0.2, 0) is 0 Å². The lowest BCUT2D eigenvalue weighted by Crippen LogP contribution is -1.97. The molecule has 0 saturated heterocycles. The van der Waals surface area contributed by atoms with Crippen molar-refractivity contribution in [1.82, 2.24) is 0 Å². The largest absolute Gasteiger partial charge is 0.269 e. The summed E-state index contributed by atoms with van der Waals surface area (Å²) < 4.78 is 0. The van der Waals surface area contributed by atoms with Gasteiger partial charge in [0.1, 0.15) is 7.85 Å². The van der Waals surface area contributed by atoms with Crippen molar-refractivity contribution in [2.45, 2.75) is 0 Å². The molecule has 2 heteroatoms. The third-order valence-electron chi connectivity index (χ3n) is 0.800. The second-order valence-electron chi connectivity index (χ2n) is 1.41. The third kappa shape index (κ3) is 1.78. The van der Waals surface area contributed by atoms with Crippen LogP contribution in [0.15, 0.2) is 30.3 Å². The van der Waals surface area contributed by atoms with E-state index in [4.69, 9.17) is 7.85 Å². The molecule has 1 aromatic rings. The predicted molar refractivity (Wildman–Crippen MR) is 34.3 cm³/mol. The quantitative estimate of drug-likeness (QED) is 0.427. The minimum Gasteiger partial charge on any atom is -0.269 e. The van der Waals surface area contributed by atoms with Gasteiger partial charge in [-0.1, -0.05) is 35.8 Å². The van der Waals surface area contributed by atoms with Crippen LogP contribution >= 0.6 is 0 Å². The second kappa shape index (κ2) is 3.25. The van der Waals surface area contributed by atoms with Gasteiger partial charge in [-0.25, -0.2) is 0 Å². The van der Waals surface area contributed by atoms with Gasteiger partial charge in [0.05, 0.1) is 0 Å². The summed E-state index contributed by atoms with van der Waals surface area (Å²) in [6.45, 7) is 0. The lowest BCUT2D eigenvalue weighted by atomic mass is 9.97. The first-order valence-electron chi connectivity index (χ1n) is 2.20. The maximum absolute atomic E-state index is 5.36. The van der Waals surface area contributed by atoms with E-state index in [9.17, 15) is 0 Å². The molecule has 0 atom stereocenters. The van der Waals surface area contributed by atoms with Crippen molar-refractivity contribution < 1.29 is 4.70 Å². The maximum atomic E-state index is 5.36. The molecule has 1 aromatic carbocycles. The highest BCUT2D eigenvalue weighted by atomic mass is 19.0. The Labute approximate surface area is 49.3 Å². The number of benzene rings is 1. The SMILES string of the molecule is F.[B]c1ccccc1. The van der Waals surface area contributed by atoms with Gasteiger partial charge in [0.2, 0.25) is 0 Å². The van der Waals surface area contributed by atoms with Crippen molar-refractivity contribution in [3.8, 4) is 0 Å². The molecule has 40 valence electrons. The van der Waals surface area contributed by atoms with Crippen molar-refractivity contribution in [3.63, 3.8) is 0 Å².